The first-order valence-electron chi connectivity index (χ1n) is 6.33. The van der Waals surface area contributed by atoms with E-state index in [0.717, 1.165) is 19.3 Å². The molecule has 0 bridgehead atoms. The standard InChI is InChI=1S/C13H23NO.ClH/c1-9(2)10-8-13(3)11(14-10)6-4-5-7-12(13)15;/h9-11,14H,4-8H2,1-3H3;1H/t10-,11-,13-;/m0./s1. The molecule has 3 atom stereocenters. The van der Waals surface area contributed by atoms with E-state index in [1.165, 1.54) is 12.8 Å². The van der Waals surface area contributed by atoms with Crippen LogP contribution >= 0.6 is 12.4 Å². The number of Topliss-reactive ketones (excluding diaryl/α,β-unsaturated/α-hetero) is 1. The topological polar surface area (TPSA) is 29.1 Å². The molecule has 1 heterocycles. The van der Waals surface area contributed by atoms with Gasteiger partial charge in [-0.25, -0.2) is 0 Å². The first-order chi connectivity index (χ1) is 7.04. The summed E-state index contributed by atoms with van der Waals surface area (Å²) in [5.74, 6) is 1.14. The van der Waals surface area contributed by atoms with Crippen molar-refractivity contribution in [2.75, 3.05) is 0 Å². The first kappa shape index (κ1) is 14.0. The number of nitrogens with one attached hydrogen (secondary N) is 1. The van der Waals surface area contributed by atoms with Crippen LogP contribution in [-0.2, 0) is 4.79 Å². The summed E-state index contributed by atoms with van der Waals surface area (Å²) in [6, 6.07) is 0.988. The Morgan fingerprint density at radius 3 is 2.69 bits per heavy atom. The molecule has 0 amide bonds. The molecule has 2 rings (SSSR count). The predicted octanol–water partition coefficient (Wildman–Crippen LogP) is 2.94. The van der Waals surface area contributed by atoms with Crippen LogP contribution in [0, 0.1) is 11.3 Å². The Hall–Kier alpha value is -0.0800. The van der Waals surface area contributed by atoms with Crippen molar-refractivity contribution in [3.05, 3.63) is 0 Å². The summed E-state index contributed by atoms with van der Waals surface area (Å²) in [5, 5.41) is 3.68. The van der Waals surface area contributed by atoms with Crippen molar-refractivity contribution in [3.8, 4) is 0 Å². The second-order valence-electron chi connectivity index (χ2n) is 5.86. The fraction of sp³-hybridized carbons (Fsp3) is 0.923. The van der Waals surface area contributed by atoms with Crippen molar-refractivity contribution in [2.45, 2.75) is 65.0 Å². The highest BCUT2D eigenvalue weighted by molar-refractivity contribution is 5.86. The number of carbonyl (C=O) groups excluding carboxylic acids is 1. The zero-order valence-electron chi connectivity index (χ0n) is 10.6. The van der Waals surface area contributed by atoms with E-state index in [4.69, 9.17) is 0 Å². The van der Waals surface area contributed by atoms with Gasteiger partial charge in [0.15, 0.2) is 0 Å². The van der Waals surface area contributed by atoms with Crippen molar-refractivity contribution in [1.82, 2.24) is 5.32 Å². The third-order valence-electron chi connectivity index (χ3n) is 4.42. The van der Waals surface area contributed by atoms with Crippen LogP contribution in [0.5, 0.6) is 0 Å². The lowest BCUT2D eigenvalue weighted by atomic mass is 9.76. The van der Waals surface area contributed by atoms with E-state index in [1.807, 2.05) is 0 Å². The van der Waals surface area contributed by atoms with E-state index in [-0.39, 0.29) is 17.8 Å². The van der Waals surface area contributed by atoms with Crippen LogP contribution in [0.2, 0.25) is 0 Å². The molecule has 0 aromatic heterocycles. The third-order valence-corrected chi connectivity index (χ3v) is 4.42. The number of fused-ring (bicyclic) bond motifs is 1. The van der Waals surface area contributed by atoms with E-state index in [1.54, 1.807) is 0 Å². The molecular weight excluding hydrogens is 222 g/mol. The number of hydrogen-bond acceptors (Lipinski definition) is 2. The molecule has 16 heavy (non-hydrogen) atoms. The number of halogens is 1. The average molecular weight is 246 g/mol. The van der Waals surface area contributed by atoms with E-state index < -0.39 is 0 Å². The molecule has 0 radical (unpaired) electrons. The van der Waals surface area contributed by atoms with Crippen LogP contribution in [0.15, 0.2) is 0 Å². The van der Waals surface area contributed by atoms with Gasteiger partial charge in [-0.05, 0) is 25.2 Å². The van der Waals surface area contributed by atoms with Gasteiger partial charge in [0.05, 0.1) is 0 Å². The van der Waals surface area contributed by atoms with E-state index in [9.17, 15) is 4.79 Å². The fourth-order valence-corrected chi connectivity index (χ4v) is 3.16. The molecule has 1 saturated heterocycles. The van der Waals surface area contributed by atoms with Gasteiger partial charge in [-0.1, -0.05) is 27.2 Å². The molecule has 1 aliphatic carbocycles. The Kier molecular flexibility index (Phi) is 4.42. The Morgan fingerprint density at radius 2 is 2.06 bits per heavy atom. The first-order valence-corrected chi connectivity index (χ1v) is 6.33. The van der Waals surface area contributed by atoms with Crippen molar-refractivity contribution in [2.24, 2.45) is 11.3 Å². The molecule has 0 aromatic rings. The van der Waals surface area contributed by atoms with Crippen molar-refractivity contribution in [1.29, 1.82) is 0 Å². The Labute approximate surface area is 105 Å². The van der Waals surface area contributed by atoms with Crippen LogP contribution in [0.4, 0.5) is 0 Å². The largest absolute Gasteiger partial charge is 0.310 e. The Morgan fingerprint density at radius 1 is 1.38 bits per heavy atom. The van der Waals surface area contributed by atoms with Crippen LogP contribution in [0.25, 0.3) is 0 Å². The maximum absolute atomic E-state index is 12.1. The van der Waals surface area contributed by atoms with Gasteiger partial charge >= 0.3 is 0 Å². The molecular formula is C13H24ClNO. The van der Waals surface area contributed by atoms with Gasteiger partial charge in [-0.3, -0.25) is 4.79 Å². The van der Waals surface area contributed by atoms with Crippen molar-refractivity contribution >= 4 is 18.2 Å². The summed E-state index contributed by atoms with van der Waals surface area (Å²) in [6.07, 6.45) is 5.35. The number of hydrogen-bond donors (Lipinski definition) is 1. The lowest BCUT2D eigenvalue weighted by Gasteiger charge is -2.27. The smallest absolute Gasteiger partial charge is 0.140 e. The summed E-state index contributed by atoms with van der Waals surface area (Å²) in [5.41, 5.74) is -0.0641. The number of rotatable bonds is 1. The minimum Gasteiger partial charge on any atom is -0.310 e. The molecule has 0 aromatic carbocycles. The van der Waals surface area contributed by atoms with Gasteiger partial charge < -0.3 is 5.32 Å². The summed E-state index contributed by atoms with van der Waals surface area (Å²) in [6.45, 7) is 6.67. The Bertz CT molecular complexity index is 267. The number of carbonyl (C=O) groups is 1. The summed E-state index contributed by atoms with van der Waals surface area (Å²) in [4.78, 5) is 12.1. The van der Waals surface area contributed by atoms with Gasteiger partial charge in [0, 0.05) is 23.9 Å². The molecule has 2 fully saturated rings. The van der Waals surface area contributed by atoms with Crippen molar-refractivity contribution < 1.29 is 4.79 Å². The Balaban J connectivity index is 0.00000128. The lowest BCUT2D eigenvalue weighted by molar-refractivity contribution is -0.127. The van der Waals surface area contributed by atoms with E-state index >= 15 is 0 Å². The molecule has 1 saturated carbocycles. The molecule has 2 nitrogen and oxygen atoms in total. The highest BCUT2D eigenvalue weighted by Gasteiger charge is 2.49. The zero-order valence-corrected chi connectivity index (χ0v) is 11.4. The van der Waals surface area contributed by atoms with Crippen LogP contribution < -0.4 is 5.32 Å². The molecule has 0 spiro atoms. The summed E-state index contributed by atoms with van der Waals surface area (Å²) < 4.78 is 0. The summed E-state index contributed by atoms with van der Waals surface area (Å²) >= 11 is 0. The fourth-order valence-electron chi connectivity index (χ4n) is 3.16. The molecule has 3 heteroatoms. The second-order valence-corrected chi connectivity index (χ2v) is 5.86. The molecule has 0 unspecified atom stereocenters. The molecule has 94 valence electrons. The van der Waals surface area contributed by atoms with Crippen molar-refractivity contribution in [3.63, 3.8) is 0 Å². The molecule has 1 N–H and O–H groups in total. The van der Waals surface area contributed by atoms with Gasteiger partial charge in [0.1, 0.15) is 5.78 Å². The third kappa shape index (κ3) is 2.28. The van der Waals surface area contributed by atoms with Crippen LogP contribution in [0.1, 0.15) is 52.9 Å². The molecule has 2 aliphatic rings. The van der Waals surface area contributed by atoms with E-state index in [2.05, 4.69) is 26.1 Å². The van der Waals surface area contributed by atoms with E-state index in [0.29, 0.717) is 23.8 Å². The highest BCUT2D eigenvalue weighted by Crippen LogP contribution is 2.42. The predicted molar refractivity (Wildman–Crippen MR) is 69.0 cm³/mol. The minimum atomic E-state index is -0.0641. The lowest BCUT2D eigenvalue weighted by Crippen LogP contribution is -2.40. The van der Waals surface area contributed by atoms with Gasteiger partial charge in [0.2, 0.25) is 0 Å². The maximum Gasteiger partial charge on any atom is 0.140 e. The average Bonchev–Trinajstić information content (AvgIpc) is 2.46. The van der Waals surface area contributed by atoms with Crippen LogP contribution in [-0.4, -0.2) is 17.9 Å². The minimum absolute atomic E-state index is 0. The van der Waals surface area contributed by atoms with Gasteiger partial charge in [-0.15, -0.1) is 12.4 Å². The zero-order chi connectivity index (χ0) is 11.1. The van der Waals surface area contributed by atoms with Gasteiger partial charge in [0.25, 0.3) is 0 Å². The highest BCUT2D eigenvalue weighted by atomic mass is 35.5. The SMILES string of the molecule is CC(C)[C@@H]1C[C@]2(C)C(=O)CCCC[C@@H]2N1.Cl. The normalized spacial score (nSPS) is 39.1. The van der Waals surface area contributed by atoms with Crippen LogP contribution in [0.3, 0.4) is 0 Å². The summed E-state index contributed by atoms with van der Waals surface area (Å²) in [7, 11) is 0. The molecule has 1 aliphatic heterocycles. The number of ketones is 1. The monoisotopic (exact) mass is 245 g/mol. The van der Waals surface area contributed by atoms with Gasteiger partial charge in [-0.2, -0.15) is 0 Å². The quantitative estimate of drug-likeness (QED) is 0.770. The maximum atomic E-state index is 12.1. The second kappa shape index (κ2) is 5.05.